The Balaban J connectivity index is 2.12. The Kier molecular flexibility index (Phi) is 3.46. The number of aryl methyl sites for hydroxylation is 2. The van der Waals surface area contributed by atoms with Crippen molar-refractivity contribution in [2.24, 2.45) is 7.05 Å². The van der Waals surface area contributed by atoms with E-state index in [1.165, 1.54) is 10.6 Å². The monoisotopic (exact) mass is 262 g/mol. The molecule has 0 bridgehead atoms. The highest BCUT2D eigenvalue weighted by atomic mass is 16.5. The molecular weight excluding hydrogens is 248 g/mol. The molecule has 2 heterocycles. The van der Waals surface area contributed by atoms with Crippen molar-refractivity contribution in [1.82, 2.24) is 20.0 Å². The van der Waals surface area contributed by atoms with Gasteiger partial charge in [-0.15, -0.1) is 0 Å². The number of hydrogen-bond donors (Lipinski definition) is 1. The summed E-state index contributed by atoms with van der Waals surface area (Å²) >= 11 is 0. The first-order valence-electron chi connectivity index (χ1n) is 5.75. The first-order valence-corrected chi connectivity index (χ1v) is 5.75. The second-order valence-electron chi connectivity index (χ2n) is 4.24. The quantitative estimate of drug-likeness (QED) is 0.873. The number of amides is 1. The predicted molar refractivity (Wildman–Crippen MR) is 66.6 cm³/mol. The molecule has 0 radical (unpaired) electrons. The Hall–Kier alpha value is -2.44. The molecule has 7 nitrogen and oxygen atoms in total. The fraction of sp³-hybridized carbons (Fsp3) is 0.333. The van der Waals surface area contributed by atoms with E-state index in [4.69, 9.17) is 4.52 Å². The van der Waals surface area contributed by atoms with Gasteiger partial charge in [0.2, 0.25) is 5.89 Å². The third kappa shape index (κ3) is 2.87. The van der Waals surface area contributed by atoms with Crippen molar-refractivity contribution in [3.05, 3.63) is 46.0 Å². The third-order valence-electron chi connectivity index (χ3n) is 2.63. The lowest BCUT2D eigenvalue weighted by atomic mass is 10.2. The van der Waals surface area contributed by atoms with Crippen LogP contribution in [0.2, 0.25) is 0 Å². The molecule has 1 amide bonds. The van der Waals surface area contributed by atoms with Gasteiger partial charge in [0.15, 0.2) is 5.82 Å². The molecule has 7 heteroatoms. The van der Waals surface area contributed by atoms with Crippen LogP contribution in [0.1, 0.15) is 35.0 Å². The Morgan fingerprint density at radius 2 is 2.26 bits per heavy atom. The van der Waals surface area contributed by atoms with Gasteiger partial charge in [0.05, 0.1) is 0 Å². The summed E-state index contributed by atoms with van der Waals surface area (Å²) in [7, 11) is 1.62. The van der Waals surface area contributed by atoms with Crippen LogP contribution in [0.25, 0.3) is 0 Å². The highest BCUT2D eigenvalue weighted by Gasteiger charge is 2.16. The normalized spacial score (nSPS) is 12.2. The summed E-state index contributed by atoms with van der Waals surface area (Å²) in [6.45, 7) is 3.42. The summed E-state index contributed by atoms with van der Waals surface area (Å²) in [5.74, 6) is 0.473. The van der Waals surface area contributed by atoms with E-state index < -0.39 is 6.04 Å². The fourth-order valence-corrected chi connectivity index (χ4v) is 1.52. The van der Waals surface area contributed by atoms with Crippen molar-refractivity contribution in [3.63, 3.8) is 0 Å². The van der Waals surface area contributed by atoms with Gasteiger partial charge in [0, 0.05) is 24.9 Å². The highest BCUT2D eigenvalue weighted by Crippen LogP contribution is 2.10. The van der Waals surface area contributed by atoms with E-state index in [1.807, 2.05) is 0 Å². The van der Waals surface area contributed by atoms with Gasteiger partial charge < -0.3 is 14.4 Å². The van der Waals surface area contributed by atoms with Gasteiger partial charge in [0.25, 0.3) is 11.5 Å². The van der Waals surface area contributed by atoms with Gasteiger partial charge in [-0.3, -0.25) is 9.59 Å². The summed E-state index contributed by atoms with van der Waals surface area (Å²) < 4.78 is 6.35. The van der Waals surface area contributed by atoms with E-state index in [-0.39, 0.29) is 11.5 Å². The second kappa shape index (κ2) is 5.05. The van der Waals surface area contributed by atoms with E-state index in [0.29, 0.717) is 17.3 Å². The van der Waals surface area contributed by atoms with Crippen LogP contribution in [0, 0.1) is 6.92 Å². The van der Waals surface area contributed by atoms with Crippen molar-refractivity contribution in [2.75, 3.05) is 0 Å². The van der Waals surface area contributed by atoms with E-state index in [0.717, 1.165) is 0 Å². The van der Waals surface area contributed by atoms with Crippen molar-refractivity contribution in [3.8, 4) is 0 Å². The maximum atomic E-state index is 11.9. The first kappa shape index (κ1) is 13.0. The third-order valence-corrected chi connectivity index (χ3v) is 2.63. The van der Waals surface area contributed by atoms with Crippen molar-refractivity contribution >= 4 is 5.91 Å². The zero-order chi connectivity index (χ0) is 14.0. The molecule has 100 valence electrons. The summed E-state index contributed by atoms with van der Waals surface area (Å²) in [5, 5.41) is 6.34. The Bertz CT molecular complexity index is 659. The van der Waals surface area contributed by atoms with Crippen LogP contribution in [-0.2, 0) is 7.05 Å². The van der Waals surface area contributed by atoms with Crippen LogP contribution in [0.4, 0.5) is 0 Å². The molecule has 0 saturated carbocycles. The molecular formula is C12H14N4O3. The first-order chi connectivity index (χ1) is 8.97. The predicted octanol–water partition coefficient (Wildman–Crippen LogP) is 0.568. The van der Waals surface area contributed by atoms with Crippen LogP contribution < -0.4 is 10.9 Å². The topological polar surface area (TPSA) is 90.0 Å². The molecule has 1 unspecified atom stereocenters. The SMILES string of the molecule is Cc1noc(C(C)NC(=O)c2ccn(C)c(=O)c2)n1. The molecule has 0 aromatic carbocycles. The average molecular weight is 262 g/mol. The second-order valence-corrected chi connectivity index (χ2v) is 4.24. The average Bonchev–Trinajstić information content (AvgIpc) is 2.79. The smallest absolute Gasteiger partial charge is 0.252 e. The largest absolute Gasteiger partial charge is 0.341 e. The van der Waals surface area contributed by atoms with Gasteiger partial charge in [-0.1, -0.05) is 5.16 Å². The van der Waals surface area contributed by atoms with Crippen molar-refractivity contribution in [2.45, 2.75) is 19.9 Å². The molecule has 2 rings (SSSR count). The number of rotatable bonds is 3. The van der Waals surface area contributed by atoms with Crippen molar-refractivity contribution < 1.29 is 9.32 Å². The fourth-order valence-electron chi connectivity index (χ4n) is 1.52. The zero-order valence-electron chi connectivity index (χ0n) is 10.9. The number of nitrogens with one attached hydrogen (secondary N) is 1. The summed E-state index contributed by atoms with van der Waals surface area (Å²) in [4.78, 5) is 27.4. The number of nitrogens with zero attached hydrogens (tertiary/aromatic N) is 3. The zero-order valence-corrected chi connectivity index (χ0v) is 10.9. The van der Waals surface area contributed by atoms with Crippen LogP contribution in [0.5, 0.6) is 0 Å². The van der Waals surface area contributed by atoms with Gasteiger partial charge >= 0.3 is 0 Å². The molecule has 0 spiro atoms. The summed E-state index contributed by atoms with van der Waals surface area (Å²) in [6.07, 6.45) is 1.54. The molecule has 0 aliphatic rings. The lowest BCUT2D eigenvalue weighted by Crippen LogP contribution is -2.28. The molecule has 0 aliphatic heterocycles. The van der Waals surface area contributed by atoms with Gasteiger partial charge in [0.1, 0.15) is 6.04 Å². The van der Waals surface area contributed by atoms with Gasteiger partial charge in [-0.2, -0.15) is 4.98 Å². The lowest BCUT2D eigenvalue weighted by molar-refractivity contribution is 0.0932. The minimum absolute atomic E-state index is 0.242. The maximum Gasteiger partial charge on any atom is 0.252 e. The minimum atomic E-state index is -0.419. The van der Waals surface area contributed by atoms with Gasteiger partial charge in [-0.05, 0) is 19.9 Å². The number of aromatic nitrogens is 3. The van der Waals surface area contributed by atoms with Crippen LogP contribution >= 0.6 is 0 Å². The van der Waals surface area contributed by atoms with Crippen molar-refractivity contribution in [1.29, 1.82) is 0 Å². The van der Waals surface area contributed by atoms with E-state index in [2.05, 4.69) is 15.5 Å². The number of pyridine rings is 1. The van der Waals surface area contributed by atoms with E-state index in [9.17, 15) is 9.59 Å². The molecule has 0 saturated heterocycles. The van der Waals surface area contributed by atoms with E-state index in [1.54, 1.807) is 33.2 Å². The minimum Gasteiger partial charge on any atom is -0.341 e. The highest BCUT2D eigenvalue weighted by molar-refractivity contribution is 5.94. The van der Waals surface area contributed by atoms with Crippen LogP contribution in [0.15, 0.2) is 27.6 Å². The van der Waals surface area contributed by atoms with Crippen LogP contribution in [0.3, 0.4) is 0 Å². The Morgan fingerprint density at radius 3 is 2.84 bits per heavy atom. The number of carbonyl (C=O) groups excluding carboxylic acids is 1. The number of hydrogen-bond acceptors (Lipinski definition) is 5. The van der Waals surface area contributed by atoms with E-state index >= 15 is 0 Å². The molecule has 2 aromatic heterocycles. The Labute approximate surface area is 109 Å². The molecule has 2 aromatic rings. The number of carbonyl (C=O) groups is 1. The lowest BCUT2D eigenvalue weighted by Gasteiger charge is -2.09. The Morgan fingerprint density at radius 1 is 1.53 bits per heavy atom. The van der Waals surface area contributed by atoms with Crippen LogP contribution in [-0.4, -0.2) is 20.6 Å². The van der Waals surface area contributed by atoms with Gasteiger partial charge in [-0.25, -0.2) is 0 Å². The maximum absolute atomic E-state index is 11.9. The molecule has 0 fully saturated rings. The molecule has 19 heavy (non-hydrogen) atoms. The summed E-state index contributed by atoms with van der Waals surface area (Å²) in [6, 6.07) is 2.43. The molecule has 0 aliphatic carbocycles. The summed E-state index contributed by atoms with van der Waals surface area (Å²) in [5.41, 5.74) is 0.0557. The molecule has 1 N–H and O–H groups in total. The standard InChI is InChI=1S/C12H14N4O3/c1-7(12-14-8(2)15-19-12)13-11(18)9-4-5-16(3)10(17)6-9/h4-7H,1-3H3,(H,13,18). The molecule has 1 atom stereocenters.